The monoisotopic (exact) mass is 1270 g/mol. The third-order valence-corrected chi connectivity index (χ3v) is 16.2. The van der Waals surface area contributed by atoms with Crippen molar-refractivity contribution in [1.82, 2.24) is 0 Å². The highest BCUT2D eigenvalue weighted by Crippen LogP contribution is 2.50. The molecule has 0 amide bonds. The smallest absolute Gasteiger partial charge is 0.143 e. The summed E-state index contributed by atoms with van der Waals surface area (Å²) < 4.78 is 520. The second-order valence-corrected chi connectivity index (χ2v) is 21.3. The van der Waals surface area contributed by atoms with Crippen LogP contribution in [0.1, 0.15) is 76.8 Å². The predicted octanol–water partition coefficient (Wildman–Crippen LogP) is 27.0. The number of hydrogen-bond donors (Lipinski definition) is 0. The van der Waals surface area contributed by atoms with E-state index in [0.29, 0.717) is 0 Å². The molecule has 96 heavy (non-hydrogen) atoms. The van der Waals surface area contributed by atoms with Gasteiger partial charge in [-0.2, -0.15) is 0 Å². The average molecular weight is 1270 g/mol. The van der Waals surface area contributed by atoms with Crippen molar-refractivity contribution in [2.75, 3.05) is 0 Å². The van der Waals surface area contributed by atoms with Gasteiger partial charge >= 0.3 is 0 Å². The lowest BCUT2D eigenvalue weighted by Gasteiger charge is -2.19. The quantitative estimate of drug-likeness (QED) is 0.127. The van der Waals surface area contributed by atoms with Gasteiger partial charge in [0.1, 0.15) is 22.3 Å². The van der Waals surface area contributed by atoms with Gasteiger partial charge in [-0.25, -0.2) is 0 Å². The molecule has 2 nitrogen and oxygen atoms in total. The highest BCUT2D eigenvalue weighted by atomic mass is 16.3. The van der Waals surface area contributed by atoms with E-state index in [1.807, 2.05) is 0 Å². The van der Waals surface area contributed by atoms with Crippen molar-refractivity contribution < 1.29 is 85.6 Å². The molecule has 0 unspecified atom stereocenters. The Hall–Kier alpha value is -12.6. The van der Waals surface area contributed by atoms with Crippen LogP contribution in [-0.4, -0.2) is 0 Å². The molecule has 2 aromatic heterocycles. The van der Waals surface area contributed by atoms with Crippen LogP contribution in [0.4, 0.5) is 0 Å². The Bertz CT molecular complexity index is 10200. The van der Waals surface area contributed by atoms with E-state index in [1.165, 1.54) is 0 Å². The molecule has 444 valence electrons. The molecule has 0 aliphatic rings. The summed E-state index contributed by atoms with van der Waals surface area (Å²) in [5, 5.41) is -14.7. The molecule has 0 saturated carbocycles. The maximum absolute atomic E-state index is 10.1. The first-order valence-corrected chi connectivity index (χ1v) is 28.6. The highest BCUT2D eigenvalue weighted by molar-refractivity contribution is 6.28. The minimum atomic E-state index is -1.14. The molecule has 0 atom stereocenters. The van der Waals surface area contributed by atoms with Crippen LogP contribution in [0.2, 0.25) is 0 Å². The Kier molecular flexibility index (Phi) is 5.05. The fourth-order valence-corrected chi connectivity index (χ4v) is 12.2. The van der Waals surface area contributed by atoms with Crippen LogP contribution in [0.15, 0.2) is 347 Å². The third-order valence-electron chi connectivity index (χ3n) is 16.2. The van der Waals surface area contributed by atoms with Gasteiger partial charge in [-0.05, 0) is 195 Å². The summed E-state index contributed by atoms with van der Waals surface area (Å²) in [5.41, 5.74) is -10.2. The summed E-state index contributed by atoms with van der Waals surface area (Å²) in [7, 11) is 0. The van der Waals surface area contributed by atoms with Crippen LogP contribution in [0.3, 0.4) is 0 Å². The van der Waals surface area contributed by atoms with Gasteiger partial charge in [-0.3, -0.25) is 0 Å². The molecule has 0 bridgehead atoms. The summed E-state index contributed by atoms with van der Waals surface area (Å²) >= 11 is 0. The first-order chi connectivity index (χ1) is 71.0. The molecule has 0 spiro atoms. The van der Waals surface area contributed by atoms with E-state index in [2.05, 4.69) is 0 Å². The van der Waals surface area contributed by atoms with E-state index in [0.717, 1.165) is 0 Å². The average Bonchev–Trinajstić information content (AvgIpc) is 0.955. The van der Waals surface area contributed by atoms with Gasteiger partial charge in [-0.15, -0.1) is 0 Å². The van der Waals surface area contributed by atoms with Gasteiger partial charge in [-0.1, -0.05) is 296 Å². The number of rotatable bonds is 5. The fourth-order valence-electron chi connectivity index (χ4n) is 12.2. The van der Waals surface area contributed by atoms with Gasteiger partial charge in [0.05, 0.1) is 76.8 Å². The summed E-state index contributed by atoms with van der Waals surface area (Å²) in [4.78, 5) is 0. The van der Waals surface area contributed by atoms with Gasteiger partial charge < -0.3 is 8.83 Å². The number of fused-ring (bicyclic) bond motifs is 20. The molecule has 0 aliphatic heterocycles. The molecule has 0 aliphatic carbocycles. The van der Waals surface area contributed by atoms with Gasteiger partial charge in [0.15, 0.2) is 0 Å². The molecule has 0 saturated heterocycles. The Balaban J connectivity index is 0.000000185. The van der Waals surface area contributed by atoms with Crippen LogP contribution in [0.5, 0.6) is 0 Å². The van der Waals surface area contributed by atoms with Crippen molar-refractivity contribution in [1.29, 1.82) is 0 Å². The third kappa shape index (κ3) is 8.32. The summed E-state index contributed by atoms with van der Waals surface area (Å²) in [5.74, 6) is 0. The molecule has 21 rings (SSSR count). The molecule has 0 radical (unpaired) electrons. The maximum atomic E-state index is 10.1. The van der Waals surface area contributed by atoms with E-state index in [4.69, 9.17) is 58.2 Å². The van der Waals surface area contributed by atoms with Crippen molar-refractivity contribution >= 4 is 152 Å². The van der Waals surface area contributed by atoms with Gasteiger partial charge in [0.2, 0.25) is 0 Å². The van der Waals surface area contributed by atoms with Crippen LogP contribution in [0.25, 0.3) is 207 Å². The zero-order chi connectivity index (χ0) is 112. The van der Waals surface area contributed by atoms with E-state index in [9.17, 15) is 27.4 Å². The predicted molar refractivity (Wildman–Crippen MR) is 410 cm³/mol. The second-order valence-electron chi connectivity index (χ2n) is 21.3. The minimum absolute atomic E-state index is 0.407. The van der Waals surface area contributed by atoms with Crippen molar-refractivity contribution in [3.63, 3.8) is 0 Å². The van der Waals surface area contributed by atoms with Crippen LogP contribution >= 0.6 is 0 Å². The molecule has 19 aromatic carbocycles. The maximum Gasteiger partial charge on any atom is 0.143 e. The Labute approximate surface area is 631 Å². The summed E-state index contributed by atoms with van der Waals surface area (Å²) in [6.45, 7) is 0. The zero-order valence-electron chi connectivity index (χ0n) is 104. The van der Waals surface area contributed by atoms with E-state index < -0.39 is 546 Å². The molecule has 2 heteroatoms. The van der Waals surface area contributed by atoms with E-state index in [-0.39, 0.29) is 0 Å². The largest absolute Gasteiger partial charge is 0.455 e. The van der Waals surface area contributed by atoms with Crippen molar-refractivity contribution in [3.05, 3.63) is 338 Å². The Morgan fingerprint density at radius 2 is 0.479 bits per heavy atom. The molecule has 0 N–H and O–H groups in total. The molecular formula is C94H56O2. The fraction of sp³-hybridized carbons (Fsp3) is 0. The molecule has 0 fully saturated rings. The number of benzene rings is 19. The summed E-state index contributed by atoms with van der Waals surface area (Å²) in [6.07, 6.45) is 0. The number of furan rings is 2. The van der Waals surface area contributed by atoms with Crippen molar-refractivity contribution in [3.8, 4) is 55.6 Å². The lowest BCUT2D eigenvalue weighted by molar-refractivity contribution is 0.672. The second kappa shape index (κ2) is 21.5. The van der Waals surface area contributed by atoms with Gasteiger partial charge in [0.25, 0.3) is 0 Å². The van der Waals surface area contributed by atoms with E-state index >= 15 is 0 Å². The normalized spacial score (nSPS) is 20.1. The van der Waals surface area contributed by atoms with Crippen LogP contribution in [0, 0.1) is 0 Å². The zero-order valence-corrected chi connectivity index (χ0v) is 47.8. The topological polar surface area (TPSA) is 26.3 Å². The number of hydrogen-bond acceptors (Lipinski definition) is 2. The lowest BCUT2D eigenvalue weighted by atomic mass is 9.84. The van der Waals surface area contributed by atoms with Crippen molar-refractivity contribution in [2.24, 2.45) is 0 Å². The highest BCUT2D eigenvalue weighted by Gasteiger charge is 2.23. The molecule has 21 aromatic rings. The van der Waals surface area contributed by atoms with Crippen LogP contribution in [-0.2, 0) is 0 Å². The molecule has 2 heterocycles. The Morgan fingerprint density at radius 1 is 0.177 bits per heavy atom. The first kappa shape index (κ1) is 22.6. The van der Waals surface area contributed by atoms with E-state index in [1.54, 1.807) is 0 Å². The molecular weight excluding hydrogens is 1160 g/mol. The standard InChI is InChI=1S/C50H30O.C44H26O/c1-3-16-37-31(11-1)23-24-33-13-10-22-38(47(33)37)34-14-9-15-35(29-34)48-40-18-5-7-20-42(40)49(43-21-8-6-19-41(43)48)36-26-28-46-45(30-36)44-27-25-32-12-2-4-17-39(32)50(44)51-46;1-3-13-31-27(10-1)20-21-29-12-9-19-38(41(29)31)43-35-17-7-5-15-33(35)42(34-16-6-8-18-36(34)43)30-23-25-40-39(26-30)37-24-22-28-11-2-4-14-32(28)44(37)45-40/h1-30H;1-26H/i1D,2D,3D,4D,5D,6D,7D,8D,9D,10D,11D,12D,13D,14D,15D,16D,17D,18D,19D,20D,21D,22D,23D,24D,25D,26D,27D,28D,29D,30D;1D,2D,3D,4D,5D,6D,7D,8D,9D,10D,11D,12D,13D,14D,15D,16D,17D,18D,19D,20D,21D,22D,23D,24D,25D,26D. The SMILES string of the molecule is [2H]c1c(-c2c3c([2H])c([2H])c([2H])c([2H])c3c(-c3c([2H])c([2H])c([2H])c4c([2H])c([2H])c5c([2H])c([2H])c([2H])c([2H])c5c34)c3c([2H])c([2H])c([2H])c([2H])c23)c([2H])c2c(oc3c4c([2H])c([2H])c([2H])c([2H])c4c([2H])c([2H])c32)c1[2H].[2H]c1c([2H])c(-c2c3c([2H])c([2H])c([2H])c([2H])c3c(-c3c([2H])c([2H])c4oc5c6c([2H])c([2H])c([2H])c([2H])c6c([2H])c([2H])c5c4c3[2H])c3c([2H])c([2H])c([2H])c([2H])c23)c([2H])c(-c2c([2H])c([2H])c([2H])c3c([2H])c([2H])c4c([2H])c([2H])c([2H])c([2H])c4c23)c1[2H]. The minimum Gasteiger partial charge on any atom is -0.455 e. The Morgan fingerprint density at radius 3 is 0.917 bits per heavy atom. The van der Waals surface area contributed by atoms with Crippen LogP contribution < -0.4 is 0 Å². The van der Waals surface area contributed by atoms with Crippen molar-refractivity contribution in [2.45, 2.75) is 0 Å². The lowest BCUT2D eigenvalue weighted by Crippen LogP contribution is -1.92. The summed E-state index contributed by atoms with van der Waals surface area (Å²) in [6, 6.07) is -51.3. The first-order valence-electron chi connectivity index (χ1n) is 56.6. The van der Waals surface area contributed by atoms with Gasteiger partial charge in [0, 0.05) is 32.3 Å².